The highest BCUT2D eigenvalue weighted by Crippen LogP contribution is 2.20. The molecule has 0 saturated carbocycles. The first kappa shape index (κ1) is 17.3. The van der Waals surface area contributed by atoms with Crippen LogP contribution in [0.2, 0.25) is 0 Å². The summed E-state index contributed by atoms with van der Waals surface area (Å²) in [7, 11) is 0. The summed E-state index contributed by atoms with van der Waals surface area (Å²) in [6.07, 6.45) is 1.98. The van der Waals surface area contributed by atoms with Gasteiger partial charge in [0.25, 0.3) is 5.91 Å². The predicted molar refractivity (Wildman–Crippen MR) is 95.4 cm³/mol. The monoisotopic (exact) mass is 340 g/mol. The number of benzene rings is 1. The molecule has 5 heteroatoms. The third kappa shape index (κ3) is 3.76. The molecule has 0 bridgehead atoms. The molecule has 2 amide bonds. The zero-order chi connectivity index (χ0) is 17.8. The second kappa shape index (κ2) is 7.55. The summed E-state index contributed by atoms with van der Waals surface area (Å²) in [6, 6.07) is 11.0. The van der Waals surface area contributed by atoms with E-state index < -0.39 is 6.04 Å². The number of carbonyl (C=O) groups is 2. The lowest BCUT2D eigenvalue weighted by Gasteiger charge is -2.27. The molecule has 1 aliphatic heterocycles. The smallest absolute Gasteiger partial charge is 0.290 e. The molecule has 1 saturated heterocycles. The minimum absolute atomic E-state index is 0.103. The van der Waals surface area contributed by atoms with Gasteiger partial charge < -0.3 is 14.6 Å². The van der Waals surface area contributed by atoms with Crippen molar-refractivity contribution < 1.29 is 14.0 Å². The summed E-state index contributed by atoms with van der Waals surface area (Å²) in [4.78, 5) is 27.2. The minimum atomic E-state index is -0.520. The maximum Gasteiger partial charge on any atom is 0.290 e. The number of carbonyl (C=O) groups excluding carboxylic acids is 2. The molecular weight excluding hydrogens is 316 g/mol. The number of aryl methyl sites for hydroxylation is 2. The molecule has 1 unspecified atom stereocenters. The maximum absolute atomic E-state index is 13.0. The van der Waals surface area contributed by atoms with Crippen molar-refractivity contribution in [2.45, 2.75) is 39.2 Å². The van der Waals surface area contributed by atoms with E-state index in [2.05, 4.69) is 5.32 Å². The Kier molecular flexibility index (Phi) is 5.22. The average Bonchev–Trinajstić information content (AvgIpc) is 2.91. The van der Waals surface area contributed by atoms with Crippen molar-refractivity contribution in [2.75, 3.05) is 13.1 Å². The van der Waals surface area contributed by atoms with E-state index in [0.29, 0.717) is 25.3 Å². The van der Waals surface area contributed by atoms with Gasteiger partial charge in [0.1, 0.15) is 11.8 Å². The second-order valence-corrected chi connectivity index (χ2v) is 6.42. The largest absolute Gasteiger partial charge is 0.456 e. The van der Waals surface area contributed by atoms with Crippen LogP contribution < -0.4 is 5.32 Å². The molecule has 132 valence electrons. The number of nitrogens with zero attached hydrogens (tertiary/aromatic N) is 1. The van der Waals surface area contributed by atoms with Crippen molar-refractivity contribution in [3.8, 4) is 0 Å². The van der Waals surface area contributed by atoms with Crippen molar-refractivity contribution in [1.29, 1.82) is 0 Å². The lowest BCUT2D eigenvalue weighted by Crippen LogP contribution is -2.48. The Bertz CT molecular complexity index is 752. The van der Waals surface area contributed by atoms with Gasteiger partial charge in [-0.25, -0.2) is 0 Å². The van der Waals surface area contributed by atoms with Crippen molar-refractivity contribution >= 4 is 11.8 Å². The van der Waals surface area contributed by atoms with Crippen LogP contribution in [-0.2, 0) is 17.6 Å². The van der Waals surface area contributed by atoms with Crippen molar-refractivity contribution in [3.63, 3.8) is 0 Å². The molecule has 1 fully saturated rings. The number of rotatable bonds is 4. The maximum atomic E-state index is 13.0. The molecule has 1 aliphatic rings. The molecule has 5 nitrogen and oxygen atoms in total. The minimum Gasteiger partial charge on any atom is -0.456 e. The van der Waals surface area contributed by atoms with Crippen LogP contribution in [0.5, 0.6) is 0 Å². The Balaban J connectivity index is 1.88. The summed E-state index contributed by atoms with van der Waals surface area (Å²) in [5.74, 6) is 0.832. The van der Waals surface area contributed by atoms with Gasteiger partial charge in [-0.05, 0) is 30.5 Å². The van der Waals surface area contributed by atoms with E-state index in [4.69, 9.17) is 4.42 Å². The van der Waals surface area contributed by atoms with E-state index in [1.54, 1.807) is 11.0 Å². The predicted octanol–water partition coefficient (Wildman–Crippen LogP) is 2.72. The van der Waals surface area contributed by atoms with Gasteiger partial charge in [0.15, 0.2) is 5.76 Å². The Hall–Kier alpha value is -2.56. The average molecular weight is 340 g/mol. The molecule has 0 aliphatic carbocycles. The summed E-state index contributed by atoms with van der Waals surface area (Å²) in [5, 5.41) is 2.92. The molecule has 2 aromatic rings. The fraction of sp³-hybridized carbons (Fsp3) is 0.400. The first-order chi connectivity index (χ1) is 12.1. The van der Waals surface area contributed by atoms with Gasteiger partial charge in [0.2, 0.25) is 5.91 Å². The van der Waals surface area contributed by atoms with E-state index in [0.717, 1.165) is 29.7 Å². The topological polar surface area (TPSA) is 62.6 Å². The third-order valence-corrected chi connectivity index (χ3v) is 4.64. The first-order valence-corrected chi connectivity index (χ1v) is 8.82. The highest BCUT2D eigenvalue weighted by atomic mass is 16.4. The van der Waals surface area contributed by atoms with E-state index in [-0.39, 0.29) is 11.8 Å². The van der Waals surface area contributed by atoms with Crippen LogP contribution in [0.1, 0.15) is 40.8 Å². The Labute approximate surface area is 148 Å². The Morgan fingerprint density at radius 2 is 2.08 bits per heavy atom. The molecule has 1 aromatic heterocycles. The molecule has 0 radical (unpaired) electrons. The standard InChI is InChI=1S/C20H24N2O3/c1-3-17-14(2)12-18(25-17)20(24)22-11-7-10-21-19(23)16(22)13-15-8-5-4-6-9-15/h4-6,8-9,12,16H,3,7,10-11,13H2,1-2H3,(H,21,23). The van der Waals surface area contributed by atoms with Crippen LogP contribution in [0.4, 0.5) is 0 Å². The zero-order valence-electron chi connectivity index (χ0n) is 14.7. The quantitative estimate of drug-likeness (QED) is 0.931. The van der Waals surface area contributed by atoms with Crippen molar-refractivity contribution in [1.82, 2.24) is 10.2 Å². The first-order valence-electron chi connectivity index (χ1n) is 8.82. The Morgan fingerprint density at radius 3 is 2.76 bits per heavy atom. The number of hydrogen-bond donors (Lipinski definition) is 1. The van der Waals surface area contributed by atoms with Gasteiger partial charge in [-0.3, -0.25) is 9.59 Å². The third-order valence-electron chi connectivity index (χ3n) is 4.64. The van der Waals surface area contributed by atoms with E-state index in [1.807, 2.05) is 44.2 Å². The SMILES string of the molecule is CCc1oc(C(=O)N2CCCNC(=O)C2Cc2ccccc2)cc1C. The van der Waals surface area contributed by atoms with Crippen LogP contribution in [0, 0.1) is 6.92 Å². The van der Waals surface area contributed by atoms with Crippen LogP contribution in [0.25, 0.3) is 0 Å². The molecular formula is C20H24N2O3. The summed E-state index contributed by atoms with van der Waals surface area (Å²) in [6.45, 7) is 5.06. The van der Waals surface area contributed by atoms with Gasteiger partial charge in [-0.15, -0.1) is 0 Å². The lowest BCUT2D eigenvalue weighted by molar-refractivity contribution is -0.124. The highest BCUT2D eigenvalue weighted by Gasteiger charge is 2.33. The van der Waals surface area contributed by atoms with Crippen molar-refractivity contribution in [2.24, 2.45) is 0 Å². The van der Waals surface area contributed by atoms with Gasteiger partial charge in [-0.2, -0.15) is 0 Å². The molecule has 25 heavy (non-hydrogen) atoms. The Morgan fingerprint density at radius 1 is 1.32 bits per heavy atom. The van der Waals surface area contributed by atoms with Gasteiger partial charge in [-0.1, -0.05) is 37.3 Å². The summed E-state index contributed by atoms with van der Waals surface area (Å²) in [5.41, 5.74) is 2.01. The van der Waals surface area contributed by atoms with Crippen LogP contribution in [-0.4, -0.2) is 35.8 Å². The van der Waals surface area contributed by atoms with E-state index >= 15 is 0 Å². The number of hydrogen-bond acceptors (Lipinski definition) is 3. The number of nitrogens with one attached hydrogen (secondary N) is 1. The van der Waals surface area contributed by atoms with Crippen LogP contribution in [0.15, 0.2) is 40.8 Å². The van der Waals surface area contributed by atoms with Gasteiger partial charge >= 0.3 is 0 Å². The normalized spacial score (nSPS) is 17.9. The van der Waals surface area contributed by atoms with Crippen molar-refractivity contribution in [3.05, 3.63) is 59.0 Å². The molecule has 1 aromatic carbocycles. The second-order valence-electron chi connectivity index (χ2n) is 6.42. The molecule has 0 spiro atoms. The molecule has 1 atom stereocenters. The van der Waals surface area contributed by atoms with Gasteiger partial charge in [0, 0.05) is 25.9 Å². The van der Waals surface area contributed by atoms with Crippen LogP contribution in [0.3, 0.4) is 0 Å². The van der Waals surface area contributed by atoms with Gasteiger partial charge in [0.05, 0.1) is 0 Å². The van der Waals surface area contributed by atoms with E-state index in [1.165, 1.54) is 0 Å². The molecule has 1 N–H and O–H groups in total. The summed E-state index contributed by atoms with van der Waals surface area (Å²) >= 11 is 0. The van der Waals surface area contributed by atoms with Crippen LogP contribution >= 0.6 is 0 Å². The van der Waals surface area contributed by atoms with E-state index in [9.17, 15) is 9.59 Å². The zero-order valence-corrected chi connectivity index (χ0v) is 14.7. The number of furan rings is 1. The molecule has 3 rings (SSSR count). The lowest BCUT2D eigenvalue weighted by atomic mass is 10.0. The summed E-state index contributed by atoms with van der Waals surface area (Å²) < 4.78 is 5.73. The number of amides is 2. The highest BCUT2D eigenvalue weighted by molar-refractivity contribution is 5.96. The fourth-order valence-corrected chi connectivity index (χ4v) is 3.28. The fourth-order valence-electron chi connectivity index (χ4n) is 3.28. The molecule has 2 heterocycles.